The monoisotopic (exact) mass is 231 g/mol. The molecule has 0 aliphatic heterocycles. The van der Waals surface area contributed by atoms with Gasteiger partial charge in [-0.25, -0.2) is 4.68 Å². The van der Waals surface area contributed by atoms with Crippen molar-refractivity contribution in [1.82, 2.24) is 9.78 Å². The normalized spacial score (nSPS) is 9.75. The first-order chi connectivity index (χ1) is 7.81. The summed E-state index contributed by atoms with van der Waals surface area (Å²) in [5, 5.41) is 7.94. The topological polar surface area (TPSA) is 29.9 Å². The van der Waals surface area contributed by atoms with Gasteiger partial charge in [-0.1, -0.05) is 17.5 Å². The molecule has 16 heavy (non-hydrogen) atoms. The molecule has 0 unspecified atom stereocenters. The smallest absolute Gasteiger partial charge is 0.0878 e. The highest BCUT2D eigenvalue weighted by atomic mass is 35.5. The van der Waals surface area contributed by atoms with Crippen LogP contribution in [-0.4, -0.2) is 16.3 Å². The van der Waals surface area contributed by atoms with Crippen LogP contribution in [0.2, 0.25) is 5.02 Å². The van der Waals surface area contributed by atoms with E-state index >= 15 is 0 Å². The highest BCUT2D eigenvalue weighted by Gasteiger charge is 2.04. The van der Waals surface area contributed by atoms with Crippen molar-refractivity contribution in [3.05, 3.63) is 41.7 Å². The molecule has 1 aromatic heterocycles. The number of terminal acetylenes is 1. The minimum atomic E-state index is 0.453. The first-order valence-corrected chi connectivity index (χ1v) is 5.16. The largest absolute Gasteiger partial charge is 0.372 e. The van der Waals surface area contributed by atoms with Gasteiger partial charge in [-0.05, 0) is 24.3 Å². The Bertz CT molecular complexity index is 512. The second-order valence-corrected chi connectivity index (χ2v) is 3.61. The van der Waals surface area contributed by atoms with Gasteiger partial charge in [0.1, 0.15) is 0 Å². The lowest BCUT2D eigenvalue weighted by molar-refractivity contribution is 0.881. The maximum absolute atomic E-state index is 5.94. The van der Waals surface area contributed by atoms with Gasteiger partial charge in [0.2, 0.25) is 0 Å². The van der Waals surface area contributed by atoms with Gasteiger partial charge in [-0.15, -0.1) is 6.42 Å². The average molecular weight is 232 g/mol. The van der Waals surface area contributed by atoms with Crippen LogP contribution in [0.3, 0.4) is 0 Å². The predicted molar refractivity (Wildman–Crippen MR) is 65.9 cm³/mol. The summed E-state index contributed by atoms with van der Waals surface area (Å²) in [5.41, 5.74) is 1.79. The lowest BCUT2D eigenvalue weighted by Crippen LogP contribution is -2.04. The lowest BCUT2D eigenvalue weighted by Gasteiger charge is -2.10. The third-order valence-corrected chi connectivity index (χ3v) is 2.33. The van der Waals surface area contributed by atoms with Crippen molar-refractivity contribution in [2.75, 3.05) is 11.9 Å². The summed E-state index contributed by atoms with van der Waals surface area (Å²) >= 11 is 5.94. The fourth-order valence-corrected chi connectivity index (χ4v) is 1.58. The standard InChI is InChI=1S/C12H10ClN3/c1-2-6-14-11-9-10(13)4-5-12(11)16-8-3-7-15-16/h1,3-5,7-9,14H,6H2. The van der Waals surface area contributed by atoms with Crippen molar-refractivity contribution < 1.29 is 0 Å². The molecule has 1 N–H and O–H groups in total. The Morgan fingerprint density at radius 2 is 2.38 bits per heavy atom. The molecule has 2 rings (SSSR count). The van der Waals surface area contributed by atoms with Crippen LogP contribution in [-0.2, 0) is 0 Å². The van der Waals surface area contributed by atoms with Crippen molar-refractivity contribution in [2.24, 2.45) is 0 Å². The second kappa shape index (κ2) is 4.73. The lowest BCUT2D eigenvalue weighted by atomic mass is 10.2. The summed E-state index contributed by atoms with van der Waals surface area (Å²) in [4.78, 5) is 0. The van der Waals surface area contributed by atoms with Crippen molar-refractivity contribution in [3.63, 3.8) is 0 Å². The molecule has 0 spiro atoms. The second-order valence-electron chi connectivity index (χ2n) is 3.17. The molecule has 0 radical (unpaired) electrons. The van der Waals surface area contributed by atoms with Gasteiger partial charge in [0.15, 0.2) is 0 Å². The highest BCUT2D eigenvalue weighted by Crippen LogP contribution is 2.23. The molecule has 0 saturated heterocycles. The van der Waals surface area contributed by atoms with Crippen LogP contribution in [0.4, 0.5) is 5.69 Å². The molecule has 2 aromatic rings. The van der Waals surface area contributed by atoms with Crippen LogP contribution in [0.25, 0.3) is 5.69 Å². The Labute approximate surface area is 99.0 Å². The molecule has 0 bridgehead atoms. The molecule has 1 aromatic carbocycles. The van der Waals surface area contributed by atoms with Gasteiger partial charge in [0, 0.05) is 17.4 Å². The quantitative estimate of drug-likeness (QED) is 0.823. The van der Waals surface area contributed by atoms with Gasteiger partial charge in [0.25, 0.3) is 0 Å². The van der Waals surface area contributed by atoms with E-state index in [1.165, 1.54) is 0 Å². The highest BCUT2D eigenvalue weighted by molar-refractivity contribution is 6.31. The number of benzene rings is 1. The third-order valence-electron chi connectivity index (χ3n) is 2.09. The summed E-state index contributed by atoms with van der Waals surface area (Å²) in [6.07, 6.45) is 8.80. The summed E-state index contributed by atoms with van der Waals surface area (Å²) < 4.78 is 1.76. The van der Waals surface area contributed by atoms with E-state index in [4.69, 9.17) is 18.0 Å². The van der Waals surface area contributed by atoms with E-state index in [-0.39, 0.29) is 0 Å². The first-order valence-electron chi connectivity index (χ1n) is 4.78. The van der Waals surface area contributed by atoms with E-state index in [0.717, 1.165) is 11.4 Å². The summed E-state index contributed by atoms with van der Waals surface area (Å²) in [7, 11) is 0. The number of anilines is 1. The number of nitrogens with zero attached hydrogens (tertiary/aromatic N) is 2. The molecule has 0 fully saturated rings. The Kier molecular flexibility index (Phi) is 3.13. The molecule has 0 aliphatic rings. The van der Waals surface area contributed by atoms with Gasteiger partial charge in [-0.2, -0.15) is 5.10 Å². The molecule has 1 heterocycles. The van der Waals surface area contributed by atoms with Gasteiger partial charge in [0.05, 0.1) is 17.9 Å². The Hall–Kier alpha value is -1.92. The first kappa shape index (κ1) is 10.6. The van der Waals surface area contributed by atoms with E-state index < -0.39 is 0 Å². The zero-order valence-corrected chi connectivity index (χ0v) is 9.28. The number of halogens is 1. The molecule has 0 amide bonds. The van der Waals surface area contributed by atoms with Gasteiger partial charge >= 0.3 is 0 Å². The molecule has 4 heteroatoms. The number of rotatable bonds is 3. The zero-order valence-electron chi connectivity index (χ0n) is 8.52. The van der Waals surface area contributed by atoms with Crippen molar-refractivity contribution in [1.29, 1.82) is 0 Å². The summed E-state index contributed by atoms with van der Waals surface area (Å²) in [5.74, 6) is 2.52. The fraction of sp³-hybridized carbons (Fsp3) is 0.0833. The maximum atomic E-state index is 5.94. The van der Waals surface area contributed by atoms with Gasteiger partial charge in [-0.3, -0.25) is 0 Å². The Balaban J connectivity index is 2.41. The Morgan fingerprint density at radius 3 is 3.06 bits per heavy atom. The summed E-state index contributed by atoms with van der Waals surface area (Å²) in [6.45, 7) is 0.453. The number of aromatic nitrogens is 2. The van der Waals surface area contributed by atoms with E-state index in [2.05, 4.69) is 16.3 Å². The number of nitrogens with one attached hydrogen (secondary N) is 1. The SMILES string of the molecule is C#CCNc1cc(Cl)ccc1-n1cccn1. The van der Waals surface area contributed by atoms with E-state index in [1.807, 2.05) is 30.5 Å². The molecule has 3 nitrogen and oxygen atoms in total. The molecular weight excluding hydrogens is 222 g/mol. The van der Waals surface area contributed by atoms with E-state index in [9.17, 15) is 0 Å². The maximum Gasteiger partial charge on any atom is 0.0878 e. The van der Waals surface area contributed by atoms with Crippen LogP contribution in [0.5, 0.6) is 0 Å². The Morgan fingerprint density at radius 1 is 1.50 bits per heavy atom. The zero-order chi connectivity index (χ0) is 11.4. The van der Waals surface area contributed by atoms with Crippen molar-refractivity contribution in [3.8, 4) is 18.0 Å². The number of hydrogen-bond acceptors (Lipinski definition) is 2. The van der Waals surface area contributed by atoms with Crippen LogP contribution >= 0.6 is 11.6 Å². The van der Waals surface area contributed by atoms with E-state index in [1.54, 1.807) is 10.9 Å². The van der Waals surface area contributed by atoms with Crippen LogP contribution in [0, 0.1) is 12.3 Å². The molecule has 0 aliphatic carbocycles. The van der Waals surface area contributed by atoms with Crippen LogP contribution in [0.1, 0.15) is 0 Å². The van der Waals surface area contributed by atoms with Crippen molar-refractivity contribution >= 4 is 17.3 Å². The van der Waals surface area contributed by atoms with E-state index in [0.29, 0.717) is 11.6 Å². The average Bonchev–Trinajstić information content (AvgIpc) is 2.80. The molecule has 0 saturated carbocycles. The number of hydrogen-bond donors (Lipinski definition) is 1. The predicted octanol–water partition coefficient (Wildman–Crippen LogP) is 2.57. The minimum absolute atomic E-state index is 0.453. The fourth-order valence-electron chi connectivity index (χ4n) is 1.41. The third kappa shape index (κ3) is 2.18. The minimum Gasteiger partial charge on any atom is -0.372 e. The summed E-state index contributed by atoms with van der Waals surface area (Å²) in [6, 6.07) is 7.41. The molecular formula is C12H10ClN3. The van der Waals surface area contributed by atoms with Gasteiger partial charge < -0.3 is 5.32 Å². The molecule has 80 valence electrons. The van der Waals surface area contributed by atoms with Crippen molar-refractivity contribution in [2.45, 2.75) is 0 Å². The molecule has 0 atom stereocenters. The van der Waals surface area contributed by atoms with Crippen LogP contribution in [0.15, 0.2) is 36.7 Å². The van der Waals surface area contributed by atoms with Crippen LogP contribution < -0.4 is 5.32 Å².